The molecule has 0 heterocycles. The van der Waals surface area contributed by atoms with Crippen molar-refractivity contribution in [1.82, 2.24) is 5.32 Å². The van der Waals surface area contributed by atoms with Gasteiger partial charge in [0.1, 0.15) is 18.3 Å². The molecule has 0 aliphatic carbocycles. The first-order valence-corrected chi connectivity index (χ1v) is 8.36. The van der Waals surface area contributed by atoms with Gasteiger partial charge in [0.25, 0.3) is 5.91 Å². The zero-order chi connectivity index (χ0) is 17.5. The van der Waals surface area contributed by atoms with E-state index in [1.54, 1.807) is 12.1 Å². The molecule has 0 unspecified atom stereocenters. The van der Waals surface area contributed by atoms with E-state index in [1.807, 2.05) is 43.3 Å². The lowest BCUT2D eigenvalue weighted by molar-refractivity contribution is -0.860. The highest BCUT2D eigenvalue weighted by atomic mass is 35.5. The molecule has 24 heavy (non-hydrogen) atoms. The lowest BCUT2D eigenvalue weighted by Gasteiger charge is -2.21. The highest BCUT2D eigenvalue weighted by Crippen LogP contribution is 2.21. The molecule has 2 N–H and O–H groups in total. The van der Waals surface area contributed by atoms with E-state index in [2.05, 4.69) is 19.4 Å². The minimum absolute atomic E-state index is 0.0193. The second-order valence-electron chi connectivity index (χ2n) is 6.14. The summed E-state index contributed by atoms with van der Waals surface area (Å²) in [5, 5.41) is 3.71. The Morgan fingerprint density at radius 2 is 1.92 bits per heavy atom. The zero-order valence-electron chi connectivity index (χ0n) is 14.3. The molecular formula is C19H24ClN2O2+. The van der Waals surface area contributed by atoms with E-state index in [9.17, 15) is 4.79 Å². The first kappa shape index (κ1) is 18.3. The van der Waals surface area contributed by atoms with Crippen LogP contribution in [0.2, 0.25) is 5.02 Å². The summed E-state index contributed by atoms with van der Waals surface area (Å²) in [5.74, 6) is 0.531. The Bertz CT molecular complexity index is 674. The van der Waals surface area contributed by atoms with Crippen LogP contribution in [0.15, 0.2) is 48.5 Å². The monoisotopic (exact) mass is 347 g/mol. The Balaban J connectivity index is 1.97. The number of likely N-dealkylation sites (N-methyl/N-ethyl adjacent to an activating group) is 1. The number of rotatable bonds is 7. The molecule has 0 saturated carbocycles. The van der Waals surface area contributed by atoms with Crippen LogP contribution in [0.1, 0.15) is 17.2 Å². The van der Waals surface area contributed by atoms with Crippen molar-refractivity contribution in [2.24, 2.45) is 0 Å². The van der Waals surface area contributed by atoms with Gasteiger partial charge >= 0.3 is 0 Å². The van der Waals surface area contributed by atoms with Gasteiger partial charge in [0.2, 0.25) is 0 Å². The smallest absolute Gasteiger partial charge is 0.258 e. The first-order valence-electron chi connectivity index (χ1n) is 7.98. The van der Waals surface area contributed by atoms with Crippen molar-refractivity contribution < 1.29 is 14.4 Å². The Kier molecular flexibility index (Phi) is 6.64. The van der Waals surface area contributed by atoms with Gasteiger partial charge in [-0.05, 0) is 36.2 Å². The number of nitrogens with one attached hydrogen (secondary N) is 2. The molecule has 5 heteroatoms. The zero-order valence-corrected chi connectivity index (χ0v) is 15.1. The number of carbonyl (C=O) groups excluding carboxylic acids is 1. The Morgan fingerprint density at radius 1 is 1.21 bits per heavy atom. The molecule has 1 atom stereocenters. The molecule has 128 valence electrons. The van der Waals surface area contributed by atoms with E-state index < -0.39 is 0 Å². The van der Waals surface area contributed by atoms with Crippen LogP contribution in [-0.2, 0) is 4.79 Å². The number of hydrogen-bond acceptors (Lipinski definition) is 2. The van der Waals surface area contributed by atoms with Crippen LogP contribution in [0.5, 0.6) is 5.75 Å². The summed E-state index contributed by atoms with van der Waals surface area (Å²) in [5.41, 5.74) is 2.00. The van der Waals surface area contributed by atoms with Gasteiger partial charge in [-0.1, -0.05) is 41.9 Å². The molecule has 0 aliphatic rings. The lowest BCUT2D eigenvalue weighted by Crippen LogP contribution is -3.06. The molecule has 0 aromatic heterocycles. The average Bonchev–Trinajstić information content (AvgIpc) is 2.54. The molecule has 0 aliphatic heterocycles. The molecule has 0 radical (unpaired) electrons. The number of aryl methyl sites for hydroxylation is 1. The van der Waals surface area contributed by atoms with Crippen molar-refractivity contribution in [1.29, 1.82) is 0 Å². The predicted molar refractivity (Wildman–Crippen MR) is 96.7 cm³/mol. The summed E-state index contributed by atoms with van der Waals surface area (Å²) in [6.07, 6.45) is 0. The second kappa shape index (κ2) is 8.71. The van der Waals surface area contributed by atoms with E-state index in [1.165, 1.54) is 4.90 Å². The van der Waals surface area contributed by atoms with E-state index in [-0.39, 0.29) is 18.6 Å². The van der Waals surface area contributed by atoms with Gasteiger partial charge in [0, 0.05) is 5.02 Å². The second-order valence-corrected chi connectivity index (χ2v) is 6.58. The van der Waals surface area contributed by atoms with E-state index in [0.29, 0.717) is 10.8 Å². The van der Waals surface area contributed by atoms with Gasteiger partial charge in [0.05, 0.1) is 14.1 Å². The topological polar surface area (TPSA) is 42.8 Å². The molecule has 1 amide bonds. The SMILES string of the molecule is Cc1cc(Cl)ccc1OCC(=O)N[C@@H](C[NH+](C)C)c1ccccc1. The van der Waals surface area contributed by atoms with Crippen molar-refractivity contribution >= 4 is 17.5 Å². The van der Waals surface area contributed by atoms with Crippen LogP contribution < -0.4 is 15.0 Å². The van der Waals surface area contributed by atoms with Gasteiger partial charge < -0.3 is 15.0 Å². The maximum absolute atomic E-state index is 12.3. The fraction of sp³-hybridized carbons (Fsp3) is 0.316. The third-order valence-electron chi connectivity index (χ3n) is 3.65. The fourth-order valence-corrected chi connectivity index (χ4v) is 2.73. The maximum atomic E-state index is 12.3. The highest BCUT2D eigenvalue weighted by molar-refractivity contribution is 6.30. The van der Waals surface area contributed by atoms with Crippen LogP contribution in [-0.4, -0.2) is 33.2 Å². The van der Waals surface area contributed by atoms with Crippen molar-refractivity contribution in [3.05, 3.63) is 64.7 Å². The molecule has 0 bridgehead atoms. The van der Waals surface area contributed by atoms with E-state index >= 15 is 0 Å². The van der Waals surface area contributed by atoms with Gasteiger partial charge in [-0.25, -0.2) is 0 Å². The van der Waals surface area contributed by atoms with Crippen LogP contribution in [0, 0.1) is 6.92 Å². The molecule has 0 spiro atoms. The summed E-state index contributed by atoms with van der Waals surface area (Å²) in [6, 6.07) is 15.3. The average molecular weight is 348 g/mol. The molecule has 4 nitrogen and oxygen atoms in total. The molecule has 2 rings (SSSR count). The van der Waals surface area contributed by atoms with E-state index in [4.69, 9.17) is 16.3 Å². The van der Waals surface area contributed by atoms with Crippen LogP contribution in [0.3, 0.4) is 0 Å². The van der Waals surface area contributed by atoms with Gasteiger partial charge in [-0.15, -0.1) is 0 Å². The van der Waals surface area contributed by atoms with Crippen molar-refractivity contribution in [3.8, 4) is 5.75 Å². The van der Waals surface area contributed by atoms with Gasteiger partial charge in [-0.2, -0.15) is 0 Å². The maximum Gasteiger partial charge on any atom is 0.258 e. The number of carbonyl (C=O) groups is 1. The molecule has 2 aromatic carbocycles. The predicted octanol–water partition coefficient (Wildman–Crippen LogP) is 2.03. The number of ether oxygens (including phenoxy) is 1. The Hall–Kier alpha value is -2.04. The van der Waals surface area contributed by atoms with Crippen molar-refractivity contribution in [2.75, 3.05) is 27.2 Å². The Labute approximate surface area is 148 Å². The third-order valence-corrected chi connectivity index (χ3v) is 3.88. The summed E-state index contributed by atoms with van der Waals surface area (Å²) in [6.45, 7) is 2.69. The molecule has 0 fully saturated rings. The van der Waals surface area contributed by atoms with Crippen LogP contribution in [0.4, 0.5) is 0 Å². The third kappa shape index (κ3) is 5.55. The largest absolute Gasteiger partial charge is 0.484 e. The summed E-state index contributed by atoms with van der Waals surface area (Å²) in [4.78, 5) is 13.6. The molecular weight excluding hydrogens is 324 g/mol. The molecule has 2 aromatic rings. The lowest BCUT2D eigenvalue weighted by atomic mass is 10.1. The minimum atomic E-state index is -0.139. The number of hydrogen-bond donors (Lipinski definition) is 2. The first-order chi connectivity index (χ1) is 11.5. The summed E-state index contributed by atoms with van der Waals surface area (Å²) < 4.78 is 5.62. The standard InChI is InChI=1S/C19H23ClN2O2/c1-14-11-16(20)9-10-18(14)24-13-19(23)21-17(12-22(2)3)15-7-5-4-6-8-15/h4-11,17H,12-13H2,1-3H3,(H,21,23)/p+1/t17-/m0/s1. The van der Waals surface area contributed by atoms with Gasteiger partial charge in [-0.3, -0.25) is 4.79 Å². The fourth-order valence-electron chi connectivity index (χ4n) is 2.50. The Morgan fingerprint density at radius 3 is 2.54 bits per heavy atom. The number of halogens is 1. The summed E-state index contributed by atoms with van der Waals surface area (Å²) in [7, 11) is 4.13. The highest BCUT2D eigenvalue weighted by Gasteiger charge is 2.18. The number of benzene rings is 2. The molecule has 0 saturated heterocycles. The number of amides is 1. The van der Waals surface area contributed by atoms with Gasteiger partial charge in [0.15, 0.2) is 6.61 Å². The van der Waals surface area contributed by atoms with E-state index in [0.717, 1.165) is 17.7 Å². The van der Waals surface area contributed by atoms with Crippen LogP contribution in [0.25, 0.3) is 0 Å². The van der Waals surface area contributed by atoms with Crippen molar-refractivity contribution in [3.63, 3.8) is 0 Å². The van der Waals surface area contributed by atoms with Crippen molar-refractivity contribution in [2.45, 2.75) is 13.0 Å². The summed E-state index contributed by atoms with van der Waals surface area (Å²) >= 11 is 5.93. The van der Waals surface area contributed by atoms with Crippen LogP contribution >= 0.6 is 11.6 Å². The minimum Gasteiger partial charge on any atom is -0.484 e. The quantitative estimate of drug-likeness (QED) is 0.804. The normalized spacial score (nSPS) is 12.0. The number of quaternary nitrogens is 1.